The predicted molar refractivity (Wildman–Crippen MR) is 44.7 cm³/mol. The van der Waals surface area contributed by atoms with Gasteiger partial charge in [0, 0.05) is 15.9 Å². The molecule has 0 rings (SSSR count). The van der Waals surface area contributed by atoms with Crippen LogP contribution in [0.5, 0.6) is 0 Å². The molecule has 0 heterocycles. The highest BCUT2D eigenvalue weighted by Crippen LogP contribution is 2.54. The molecule has 17 heavy (non-hydrogen) atoms. The van der Waals surface area contributed by atoms with Crippen molar-refractivity contribution in [1.82, 2.24) is 0 Å². The van der Waals surface area contributed by atoms with E-state index in [1.165, 1.54) is 6.55 Å². The molecule has 0 saturated heterocycles. The zero-order chi connectivity index (χ0) is 14.1. The molecule has 0 fully saturated rings. The normalized spacial score (nSPS) is 15.9. The molecule has 0 aromatic carbocycles. The van der Waals surface area contributed by atoms with Gasteiger partial charge in [-0.15, -0.1) is 0 Å². The van der Waals surface area contributed by atoms with E-state index in [1.807, 2.05) is 0 Å². The van der Waals surface area contributed by atoms with E-state index < -0.39 is 45.9 Å². The second-order valence-electron chi connectivity index (χ2n) is 3.45. The number of hydrogen-bond acceptors (Lipinski definition) is 0. The third-order valence-corrected chi connectivity index (χ3v) is 3.11. The summed E-state index contributed by atoms with van der Waals surface area (Å²) in [6.07, 6.45) is -8.39. The minimum Gasteiger partial charge on any atom is -0.200 e. The van der Waals surface area contributed by atoms with E-state index in [-0.39, 0.29) is 0 Å². The van der Waals surface area contributed by atoms with E-state index in [0.29, 0.717) is 0 Å². The van der Waals surface area contributed by atoms with Crippen LogP contribution >= 0.6 is 0 Å². The van der Waals surface area contributed by atoms with Gasteiger partial charge in [0.05, 0.1) is 0 Å². The molecule has 0 aromatic rings. The highest BCUT2D eigenvalue weighted by atomic mass is 28.2. The van der Waals surface area contributed by atoms with Gasteiger partial charge in [0.2, 0.25) is 0 Å². The number of alkyl halides is 9. The summed E-state index contributed by atoms with van der Waals surface area (Å²) >= 11 is 0. The van der Waals surface area contributed by atoms with Crippen molar-refractivity contribution in [2.45, 2.75) is 43.0 Å². The van der Waals surface area contributed by atoms with Crippen LogP contribution in [-0.2, 0) is 0 Å². The van der Waals surface area contributed by atoms with E-state index in [0.717, 1.165) is 0 Å². The van der Waals surface area contributed by atoms with Crippen LogP contribution < -0.4 is 0 Å². The van der Waals surface area contributed by atoms with E-state index in [2.05, 4.69) is 0 Å². The first-order valence-corrected chi connectivity index (χ1v) is 6.93. The van der Waals surface area contributed by atoms with Crippen LogP contribution in [0.25, 0.3) is 0 Å². The van der Waals surface area contributed by atoms with Crippen LogP contribution in [0.2, 0.25) is 12.6 Å². The molecule has 0 N–H and O–H groups in total. The Kier molecular flexibility index (Phi) is 4.58. The van der Waals surface area contributed by atoms with Crippen molar-refractivity contribution in [3.05, 3.63) is 0 Å². The van der Waals surface area contributed by atoms with Crippen LogP contribution in [0, 0.1) is 0 Å². The van der Waals surface area contributed by atoms with E-state index in [9.17, 15) is 39.5 Å². The van der Waals surface area contributed by atoms with Crippen molar-refractivity contribution in [2.75, 3.05) is 0 Å². The lowest BCUT2D eigenvalue weighted by Gasteiger charge is -2.33. The fourth-order valence-electron chi connectivity index (χ4n) is 0.963. The highest BCUT2D eigenvalue weighted by molar-refractivity contribution is 6.33. The van der Waals surface area contributed by atoms with Crippen molar-refractivity contribution in [3.8, 4) is 0 Å². The molecule has 0 saturated carbocycles. The average molecular weight is 292 g/mol. The Morgan fingerprint density at radius 1 is 0.765 bits per heavy atom. The molecule has 0 amide bonds. The maximum atomic E-state index is 12.7. The van der Waals surface area contributed by atoms with Crippen LogP contribution in [0.1, 0.15) is 6.42 Å². The molecule has 0 nitrogen and oxygen atoms in total. The molecule has 104 valence electrons. The maximum Gasteiger partial charge on any atom is 0.460 e. The van der Waals surface area contributed by atoms with Gasteiger partial charge >= 0.3 is 23.9 Å². The minimum atomic E-state index is -6.75. The first-order chi connectivity index (χ1) is 7.31. The van der Waals surface area contributed by atoms with Gasteiger partial charge in [-0.1, -0.05) is 12.6 Å². The number of hydrogen-bond donors (Lipinski definition) is 0. The number of rotatable bonds is 5. The van der Waals surface area contributed by atoms with E-state index in [1.54, 1.807) is 0 Å². The Balaban J connectivity index is 5.24. The summed E-state index contributed by atoms with van der Waals surface area (Å²) in [6, 6.07) is -0.448. The van der Waals surface area contributed by atoms with Gasteiger partial charge in [0.25, 0.3) is 0 Å². The summed E-state index contributed by atoms with van der Waals surface area (Å²) in [4.78, 5) is 0. The Hall–Kier alpha value is -0.413. The van der Waals surface area contributed by atoms with Gasteiger partial charge in [-0.05, 0) is 0 Å². The highest BCUT2D eigenvalue weighted by Gasteiger charge is 2.81. The fraction of sp³-hybridized carbons (Fsp3) is 1.00. The van der Waals surface area contributed by atoms with Crippen molar-refractivity contribution in [3.63, 3.8) is 0 Å². The minimum absolute atomic E-state index is 0.448. The molecular weight excluding hydrogens is 283 g/mol. The standard InChI is InChI=1S/C7H9F9Si/c1-17-3-2-4(8,9)5(10,11)6(12,13)7(14,15)16/h2-3,17H2,1H3. The largest absolute Gasteiger partial charge is 0.460 e. The first-order valence-electron chi connectivity index (χ1n) is 4.51. The molecule has 10 heteroatoms. The summed E-state index contributed by atoms with van der Waals surface area (Å²) in [5.74, 6) is -18.6. The van der Waals surface area contributed by atoms with E-state index in [4.69, 9.17) is 0 Å². The van der Waals surface area contributed by atoms with Gasteiger partial charge < -0.3 is 0 Å². The zero-order valence-corrected chi connectivity index (χ0v) is 9.94. The van der Waals surface area contributed by atoms with Gasteiger partial charge in [-0.2, -0.15) is 39.5 Å². The molecule has 0 aromatic heterocycles. The van der Waals surface area contributed by atoms with Crippen LogP contribution in [0.15, 0.2) is 0 Å². The molecule has 0 aliphatic heterocycles. The maximum absolute atomic E-state index is 12.7. The predicted octanol–water partition coefficient (Wildman–Crippen LogP) is 3.48. The van der Waals surface area contributed by atoms with Gasteiger partial charge in [0.15, 0.2) is 0 Å². The van der Waals surface area contributed by atoms with Crippen molar-refractivity contribution in [2.24, 2.45) is 0 Å². The van der Waals surface area contributed by atoms with Gasteiger partial charge in [-0.25, -0.2) is 0 Å². The third-order valence-electron chi connectivity index (χ3n) is 2.05. The SMILES string of the molecule is C[SiH2]CCC(F)(F)C(F)(F)C(F)(F)C(F)(F)F. The molecule has 0 aliphatic carbocycles. The molecule has 0 atom stereocenters. The second-order valence-corrected chi connectivity index (χ2v) is 5.16. The van der Waals surface area contributed by atoms with Crippen LogP contribution in [-0.4, -0.2) is 33.5 Å². The molecular formula is C7H9F9Si. The smallest absolute Gasteiger partial charge is 0.200 e. The molecule has 0 bridgehead atoms. The monoisotopic (exact) mass is 292 g/mol. The second kappa shape index (κ2) is 4.69. The van der Waals surface area contributed by atoms with Gasteiger partial charge in [-0.3, -0.25) is 0 Å². The Bertz CT molecular complexity index is 257. The summed E-state index contributed by atoms with van der Waals surface area (Å²) in [5, 5.41) is 0. The topological polar surface area (TPSA) is 0 Å². The average Bonchev–Trinajstić information content (AvgIpc) is 2.12. The third kappa shape index (κ3) is 2.88. The molecule has 0 spiro atoms. The van der Waals surface area contributed by atoms with Crippen molar-refractivity contribution >= 4 is 9.52 Å². The summed E-state index contributed by atoms with van der Waals surface area (Å²) in [7, 11) is -1.14. The molecule has 0 aliphatic rings. The lowest BCUT2D eigenvalue weighted by molar-refractivity contribution is -0.396. The zero-order valence-electron chi connectivity index (χ0n) is 8.52. The first kappa shape index (κ1) is 16.6. The Morgan fingerprint density at radius 3 is 1.47 bits per heavy atom. The number of halogens is 9. The molecule has 0 radical (unpaired) electrons. The van der Waals surface area contributed by atoms with E-state index >= 15 is 0 Å². The van der Waals surface area contributed by atoms with Gasteiger partial charge in [0.1, 0.15) is 0 Å². The lowest BCUT2D eigenvalue weighted by Crippen LogP contribution is -2.60. The lowest BCUT2D eigenvalue weighted by atomic mass is 10.0. The van der Waals surface area contributed by atoms with Crippen LogP contribution in [0.3, 0.4) is 0 Å². The summed E-state index contributed by atoms with van der Waals surface area (Å²) < 4.78 is 110. The quantitative estimate of drug-likeness (QED) is 0.537. The summed E-state index contributed by atoms with van der Waals surface area (Å²) in [6.45, 7) is 1.44. The fourth-order valence-corrected chi connectivity index (χ4v) is 1.76. The van der Waals surface area contributed by atoms with Crippen LogP contribution in [0.4, 0.5) is 39.5 Å². The van der Waals surface area contributed by atoms with Crippen molar-refractivity contribution in [1.29, 1.82) is 0 Å². The van der Waals surface area contributed by atoms with Crippen molar-refractivity contribution < 1.29 is 39.5 Å². The summed E-state index contributed by atoms with van der Waals surface area (Å²) in [5.41, 5.74) is 0. The Morgan fingerprint density at radius 2 is 1.18 bits per heavy atom. The Labute approximate surface area is 93.0 Å². The molecule has 0 unspecified atom stereocenters.